The molecule has 1 fully saturated rings. The lowest BCUT2D eigenvalue weighted by atomic mass is 10.2. The Morgan fingerprint density at radius 1 is 1.70 bits per heavy atom. The highest BCUT2D eigenvalue weighted by atomic mass is 16.7. The molecule has 1 aliphatic heterocycles. The largest absolute Gasteiger partial charge is 0.350 e. The Morgan fingerprint density at radius 2 is 2.40 bits per heavy atom. The molecule has 1 aliphatic rings. The first-order valence-electron chi connectivity index (χ1n) is 3.60. The summed E-state index contributed by atoms with van der Waals surface area (Å²) in [6.45, 7) is 8.50. The summed E-state index contributed by atoms with van der Waals surface area (Å²) in [6.07, 6.45) is 1.04. The van der Waals surface area contributed by atoms with Crippen LogP contribution < -0.4 is 0 Å². The maximum absolute atomic E-state index is 5.39. The smallest absolute Gasteiger partial charge is 0.161 e. The SMILES string of the molecule is C=C(C)CC1OCC(C)O1. The fourth-order valence-electron chi connectivity index (χ4n) is 0.972. The van der Waals surface area contributed by atoms with Crippen LogP contribution in [0.2, 0.25) is 0 Å². The number of ether oxygens (including phenoxy) is 2. The zero-order valence-electron chi connectivity index (χ0n) is 6.59. The molecule has 0 aromatic heterocycles. The molecule has 1 saturated heterocycles. The lowest BCUT2D eigenvalue weighted by Crippen LogP contribution is -2.09. The molecule has 1 rings (SSSR count). The lowest BCUT2D eigenvalue weighted by molar-refractivity contribution is -0.0526. The predicted molar refractivity (Wildman–Crippen MR) is 39.7 cm³/mol. The molecule has 2 nitrogen and oxygen atoms in total. The molecule has 1 heterocycles. The van der Waals surface area contributed by atoms with Gasteiger partial charge in [0.15, 0.2) is 6.29 Å². The summed E-state index contributed by atoms with van der Waals surface area (Å²) < 4.78 is 10.7. The molecule has 2 heteroatoms. The first-order valence-corrected chi connectivity index (χ1v) is 3.60. The molecule has 2 atom stereocenters. The van der Waals surface area contributed by atoms with E-state index in [2.05, 4.69) is 6.58 Å². The van der Waals surface area contributed by atoms with Crippen molar-refractivity contribution < 1.29 is 9.47 Å². The number of rotatable bonds is 2. The average molecular weight is 142 g/mol. The summed E-state index contributed by atoms with van der Waals surface area (Å²) in [5, 5.41) is 0. The first kappa shape index (κ1) is 7.76. The molecule has 0 bridgehead atoms. The van der Waals surface area contributed by atoms with Gasteiger partial charge in [-0.05, 0) is 13.8 Å². The van der Waals surface area contributed by atoms with E-state index in [0.29, 0.717) is 0 Å². The molecule has 0 saturated carbocycles. The van der Waals surface area contributed by atoms with Crippen molar-refractivity contribution in [2.45, 2.75) is 32.7 Å². The monoisotopic (exact) mass is 142 g/mol. The standard InChI is InChI=1S/C8H14O2/c1-6(2)4-8-9-5-7(3)10-8/h7-8H,1,4-5H2,2-3H3. The first-order chi connectivity index (χ1) is 4.68. The van der Waals surface area contributed by atoms with E-state index in [4.69, 9.17) is 9.47 Å². The van der Waals surface area contributed by atoms with E-state index < -0.39 is 0 Å². The Bertz CT molecular complexity index is 131. The quantitative estimate of drug-likeness (QED) is 0.546. The summed E-state index contributed by atoms with van der Waals surface area (Å²) in [5.41, 5.74) is 1.11. The van der Waals surface area contributed by atoms with Gasteiger partial charge in [-0.1, -0.05) is 12.2 Å². The molecular formula is C8H14O2. The second kappa shape index (κ2) is 3.17. The molecule has 0 N–H and O–H groups in total. The van der Waals surface area contributed by atoms with Crippen LogP contribution in [0.1, 0.15) is 20.3 Å². The average Bonchev–Trinajstić information content (AvgIpc) is 2.13. The number of hydrogen-bond acceptors (Lipinski definition) is 2. The molecule has 0 aromatic carbocycles. The summed E-state index contributed by atoms with van der Waals surface area (Å²) in [4.78, 5) is 0. The molecule has 0 aromatic rings. The van der Waals surface area contributed by atoms with Crippen LogP contribution in [0.3, 0.4) is 0 Å². The summed E-state index contributed by atoms with van der Waals surface area (Å²) in [6, 6.07) is 0. The molecule has 0 radical (unpaired) electrons. The van der Waals surface area contributed by atoms with Crippen LogP contribution in [0.5, 0.6) is 0 Å². The van der Waals surface area contributed by atoms with Gasteiger partial charge >= 0.3 is 0 Å². The van der Waals surface area contributed by atoms with Crippen molar-refractivity contribution in [3.63, 3.8) is 0 Å². The van der Waals surface area contributed by atoms with E-state index in [9.17, 15) is 0 Å². The zero-order chi connectivity index (χ0) is 7.56. The van der Waals surface area contributed by atoms with Gasteiger partial charge in [-0.15, -0.1) is 0 Å². The third-order valence-electron chi connectivity index (χ3n) is 1.42. The predicted octanol–water partition coefficient (Wildman–Crippen LogP) is 1.71. The highest BCUT2D eigenvalue weighted by molar-refractivity contribution is 4.89. The molecule has 10 heavy (non-hydrogen) atoms. The fourth-order valence-corrected chi connectivity index (χ4v) is 0.972. The van der Waals surface area contributed by atoms with Crippen LogP contribution in [0, 0.1) is 0 Å². The van der Waals surface area contributed by atoms with Crippen LogP contribution in [0.25, 0.3) is 0 Å². The third kappa shape index (κ3) is 2.12. The van der Waals surface area contributed by atoms with Crippen molar-refractivity contribution in [1.29, 1.82) is 0 Å². The number of hydrogen-bond donors (Lipinski definition) is 0. The van der Waals surface area contributed by atoms with E-state index >= 15 is 0 Å². The van der Waals surface area contributed by atoms with Gasteiger partial charge in [0.2, 0.25) is 0 Å². The topological polar surface area (TPSA) is 18.5 Å². The maximum atomic E-state index is 5.39. The summed E-state index contributed by atoms with van der Waals surface area (Å²) in [5.74, 6) is 0. The van der Waals surface area contributed by atoms with Crippen molar-refractivity contribution in [2.24, 2.45) is 0 Å². The van der Waals surface area contributed by atoms with Crippen molar-refractivity contribution >= 4 is 0 Å². The van der Waals surface area contributed by atoms with Crippen LogP contribution in [0.4, 0.5) is 0 Å². The van der Waals surface area contributed by atoms with Gasteiger partial charge in [0.25, 0.3) is 0 Å². The van der Waals surface area contributed by atoms with Gasteiger partial charge in [-0.3, -0.25) is 0 Å². The normalized spacial score (nSPS) is 32.6. The maximum Gasteiger partial charge on any atom is 0.161 e. The minimum absolute atomic E-state index is 0.0347. The van der Waals surface area contributed by atoms with Gasteiger partial charge in [0.1, 0.15) is 0 Å². The Balaban J connectivity index is 2.24. The van der Waals surface area contributed by atoms with Crippen LogP contribution in [-0.2, 0) is 9.47 Å². The van der Waals surface area contributed by atoms with E-state index in [0.717, 1.165) is 18.6 Å². The molecule has 2 unspecified atom stereocenters. The summed E-state index contributed by atoms with van der Waals surface area (Å²) >= 11 is 0. The van der Waals surface area contributed by atoms with Crippen LogP contribution in [-0.4, -0.2) is 19.0 Å². The molecular weight excluding hydrogens is 128 g/mol. The van der Waals surface area contributed by atoms with Crippen molar-refractivity contribution in [3.05, 3.63) is 12.2 Å². The lowest BCUT2D eigenvalue weighted by Gasteiger charge is -2.08. The second-order valence-corrected chi connectivity index (χ2v) is 2.87. The minimum Gasteiger partial charge on any atom is -0.350 e. The Hall–Kier alpha value is -0.340. The van der Waals surface area contributed by atoms with Crippen molar-refractivity contribution in [3.8, 4) is 0 Å². The fraction of sp³-hybridized carbons (Fsp3) is 0.750. The molecule has 0 amide bonds. The Morgan fingerprint density at radius 3 is 2.80 bits per heavy atom. The van der Waals surface area contributed by atoms with E-state index in [1.807, 2.05) is 13.8 Å². The van der Waals surface area contributed by atoms with Crippen molar-refractivity contribution in [2.75, 3.05) is 6.61 Å². The van der Waals surface area contributed by atoms with Gasteiger partial charge < -0.3 is 9.47 Å². The molecule has 58 valence electrons. The van der Waals surface area contributed by atoms with E-state index in [-0.39, 0.29) is 12.4 Å². The van der Waals surface area contributed by atoms with Gasteiger partial charge in [-0.25, -0.2) is 0 Å². The van der Waals surface area contributed by atoms with Crippen LogP contribution in [0.15, 0.2) is 12.2 Å². The Kier molecular flexibility index (Phi) is 2.46. The third-order valence-corrected chi connectivity index (χ3v) is 1.42. The molecule has 0 aliphatic carbocycles. The summed E-state index contributed by atoms with van der Waals surface area (Å²) in [7, 11) is 0. The Labute approximate surface area is 61.8 Å². The van der Waals surface area contributed by atoms with Crippen molar-refractivity contribution in [1.82, 2.24) is 0 Å². The van der Waals surface area contributed by atoms with E-state index in [1.165, 1.54) is 0 Å². The minimum atomic E-state index is -0.0347. The highest BCUT2D eigenvalue weighted by Gasteiger charge is 2.21. The van der Waals surface area contributed by atoms with E-state index in [1.54, 1.807) is 0 Å². The van der Waals surface area contributed by atoms with Gasteiger partial charge in [0.05, 0.1) is 12.7 Å². The van der Waals surface area contributed by atoms with Crippen LogP contribution >= 0.6 is 0 Å². The highest BCUT2D eigenvalue weighted by Crippen LogP contribution is 2.16. The zero-order valence-corrected chi connectivity index (χ0v) is 6.59. The second-order valence-electron chi connectivity index (χ2n) is 2.87. The molecule has 0 spiro atoms. The van der Waals surface area contributed by atoms with Gasteiger partial charge in [0, 0.05) is 6.42 Å². The van der Waals surface area contributed by atoms with Gasteiger partial charge in [-0.2, -0.15) is 0 Å².